The minimum atomic E-state index is -0.0286. The first-order chi connectivity index (χ1) is 7.55. The summed E-state index contributed by atoms with van der Waals surface area (Å²) in [4.78, 5) is 0. The third-order valence-corrected chi connectivity index (χ3v) is 3.49. The summed E-state index contributed by atoms with van der Waals surface area (Å²) in [6.07, 6.45) is 2.27. The maximum absolute atomic E-state index is 9.28. The lowest BCUT2D eigenvalue weighted by atomic mass is 9.79. The predicted octanol–water partition coefficient (Wildman–Crippen LogP) is 1.90. The molecule has 1 fully saturated rings. The second kappa shape index (κ2) is 4.87. The topological polar surface area (TPSA) is 44.3 Å². The monoisotopic (exact) mass is 242 g/mol. The summed E-state index contributed by atoms with van der Waals surface area (Å²) < 4.78 is 0. The zero-order chi connectivity index (χ0) is 13.3. The molecule has 1 aliphatic rings. The van der Waals surface area contributed by atoms with E-state index in [9.17, 15) is 5.11 Å². The number of nitrogens with one attached hydrogen (secondary N) is 2. The lowest BCUT2D eigenvalue weighted by molar-refractivity contribution is 0.119. The van der Waals surface area contributed by atoms with E-state index >= 15 is 0 Å². The van der Waals surface area contributed by atoms with Gasteiger partial charge in [0.25, 0.3) is 0 Å². The summed E-state index contributed by atoms with van der Waals surface area (Å²) in [6, 6.07) is 0.534. The van der Waals surface area contributed by atoms with Crippen LogP contribution in [0.5, 0.6) is 0 Å². The van der Waals surface area contributed by atoms with Crippen LogP contribution in [0.25, 0.3) is 0 Å². The van der Waals surface area contributed by atoms with E-state index in [1.165, 1.54) is 0 Å². The molecule has 1 aliphatic heterocycles. The Bertz CT molecular complexity index is 243. The maximum atomic E-state index is 9.28. The molecule has 1 saturated heterocycles. The standard InChI is InChI=1S/C14H30N2O/c1-12(2,10-17)9-15-11-7-13(3,4)16-14(5,6)8-11/h11,15-17H,7-10H2,1-6H3. The van der Waals surface area contributed by atoms with Crippen LogP contribution in [0.1, 0.15) is 54.4 Å². The van der Waals surface area contributed by atoms with Crippen molar-refractivity contribution in [2.24, 2.45) is 5.41 Å². The Labute approximate surface area is 106 Å². The molecule has 1 heterocycles. The lowest BCUT2D eigenvalue weighted by Crippen LogP contribution is -2.62. The third kappa shape index (κ3) is 4.94. The zero-order valence-corrected chi connectivity index (χ0v) is 12.4. The number of aliphatic hydroxyl groups is 1. The molecule has 17 heavy (non-hydrogen) atoms. The van der Waals surface area contributed by atoms with Gasteiger partial charge in [-0.25, -0.2) is 0 Å². The highest BCUT2D eigenvalue weighted by Gasteiger charge is 2.37. The fourth-order valence-corrected chi connectivity index (χ4v) is 2.94. The molecule has 0 amide bonds. The van der Waals surface area contributed by atoms with Crippen LogP contribution < -0.4 is 10.6 Å². The van der Waals surface area contributed by atoms with Gasteiger partial charge in [-0.2, -0.15) is 0 Å². The van der Waals surface area contributed by atoms with Gasteiger partial charge in [-0.05, 0) is 40.5 Å². The first-order valence-corrected chi connectivity index (χ1v) is 6.69. The Balaban J connectivity index is 2.54. The Kier molecular flexibility index (Phi) is 4.28. The van der Waals surface area contributed by atoms with E-state index in [1.54, 1.807) is 0 Å². The van der Waals surface area contributed by atoms with Gasteiger partial charge in [-0.3, -0.25) is 0 Å². The van der Waals surface area contributed by atoms with E-state index in [2.05, 4.69) is 52.2 Å². The highest BCUT2D eigenvalue weighted by atomic mass is 16.3. The van der Waals surface area contributed by atoms with Gasteiger partial charge in [-0.1, -0.05) is 13.8 Å². The molecule has 0 bridgehead atoms. The summed E-state index contributed by atoms with van der Waals surface area (Å²) >= 11 is 0. The normalized spacial score (nSPS) is 24.9. The first-order valence-electron chi connectivity index (χ1n) is 6.69. The smallest absolute Gasteiger partial charge is 0.0494 e. The van der Waals surface area contributed by atoms with Crippen LogP contribution in [-0.4, -0.2) is 35.4 Å². The number of piperidine rings is 1. The van der Waals surface area contributed by atoms with E-state index in [-0.39, 0.29) is 23.1 Å². The molecular weight excluding hydrogens is 212 g/mol. The van der Waals surface area contributed by atoms with Gasteiger partial charge in [0.15, 0.2) is 0 Å². The molecule has 3 N–H and O–H groups in total. The fraction of sp³-hybridized carbons (Fsp3) is 1.00. The molecule has 0 aromatic heterocycles. The van der Waals surface area contributed by atoms with Crippen LogP contribution in [0, 0.1) is 5.41 Å². The van der Waals surface area contributed by atoms with Gasteiger partial charge in [-0.15, -0.1) is 0 Å². The molecule has 1 rings (SSSR count). The van der Waals surface area contributed by atoms with Crippen molar-refractivity contribution in [3.05, 3.63) is 0 Å². The Hall–Kier alpha value is -0.120. The minimum absolute atomic E-state index is 0.0286. The highest BCUT2D eigenvalue weighted by Crippen LogP contribution is 2.28. The van der Waals surface area contributed by atoms with Crippen molar-refractivity contribution in [2.45, 2.75) is 71.5 Å². The second-order valence-corrected chi connectivity index (χ2v) is 7.70. The van der Waals surface area contributed by atoms with E-state index in [0.29, 0.717) is 6.04 Å². The van der Waals surface area contributed by atoms with Crippen molar-refractivity contribution in [3.8, 4) is 0 Å². The summed E-state index contributed by atoms with van der Waals surface area (Å²) in [5.74, 6) is 0. The van der Waals surface area contributed by atoms with Crippen LogP contribution in [0.2, 0.25) is 0 Å². The highest BCUT2D eigenvalue weighted by molar-refractivity contribution is 4.99. The predicted molar refractivity (Wildman–Crippen MR) is 73.2 cm³/mol. The summed E-state index contributed by atoms with van der Waals surface area (Å²) in [5, 5.41) is 16.6. The molecule has 0 spiro atoms. The molecule has 0 aliphatic carbocycles. The average Bonchev–Trinajstić information content (AvgIpc) is 2.10. The fourth-order valence-electron chi connectivity index (χ4n) is 2.94. The first kappa shape index (κ1) is 14.9. The Morgan fingerprint density at radius 1 is 1.18 bits per heavy atom. The van der Waals surface area contributed by atoms with Crippen LogP contribution in [0.15, 0.2) is 0 Å². The van der Waals surface area contributed by atoms with Gasteiger partial charge in [0, 0.05) is 35.7 Å². The molecule has 0 aromatic carbocycles. The zero-order valence-electron chi connectivity index (χ0n) is 12.4. The molecule has 0 saturated carbocycles. The molecule has 102 valence electrons. The largest absolute Gasteiger partial charge is 0.396 e. The number of aliphatic hydroxyl groups excluding tert-OH is 1. The van der Waals surface area contributed by atoms with E-state index in [4.69, 9.17) is 0 Å². The van der Waals surface area contributed by atoms with Gasteiger partial charge in [0.05, 0.1) is 0 Å². The van der Waals surface area contributed by atoms with Crippen molar-refractivity contribution < 1.29 is 5.11 Å². The van der Waals surface area contributed by atoms with E-state index in [0.717, 1.165) is 19.4 Å². The number of hydrogen-bond acceptors (Lipinski definition) is 3. The Morgan fingerprint density at radius 2 is 1.65 bits per heavy atom. The van der Waals surface area contributed by atoms with Crippen molar-refractivity contribution in [3.63, 3.8) is 0 Å². The molecule has 0 radical (unpaired) electrons. The Morgan fingerprint density at radius 3 is 2.06 bits per heavy atom. The molecular formula is C14H30N2O. The van der Waals surface area contributed by atoms with Crippen molar-refractivity contribution in [1.29, 1.82) is 0 Å². The van der Waals surface area contributed by atoms with Gasteiger partial charge in [0.2, 0.25) is 0 Å². The van der Waals surface area contributed by atoms with Gasteiger partial charge in [0.1, 0.15) is 0 Å². The second-order valence-electron chi connectivity index (χ2n) is 7.70. The summed E-state index contributed by atoms with van der Waals surface area (Å²) in [5.41, 5.74) is 0.338. The van der Waals surface area contributed by atoms with Gasteiger partial charge >= 0.3 is 0 Å². The summed E-state index contributed by atoms with van der Waals surface area (Å²) in [6.45, 7) is 14.4. The maximum Gasteiger partial charge on any atom is 0.0494 e. The minimum Gasteiger partial charge on any atom is -0.396 e. The van der Waals surface area contributed by atoms with Crippen molar-refractivity contribution in [2.75, 3.05) is 13.2 Å². The average molecular weight is 242 g/mol. The summed E-state index contributed by atoms with van der Waals surface area (Å²) in [7, 11) is 0. The number of rotatable bonds is 4. The number of hydrogen-bond donors (Lipinski definition) is 3. The SMILES string of the molecule is CC(C)(CO)CNC1CC(C)(C)NC(C)(C)C1. The lowest BCUT2D eigenvalue weighted by Gasteiger charge is -2.47. The quantitative estimate of drug-likeness (QED) is 0.705. The van der Waals surface area contributed by atoms with Crippen LogP contribution in [0.4, 0.5) is 0 Å². The molecule has 3 nitrogen and oxygen atoms in total. The van der Waals surface area contributed by atoms with Crippen LogP contribution >= 0.6 is 0 Å². The molecule has 3 heteroatoms. The van der Waals surface area contributed by atoms with Crippen LogP contribution in [0.3, 0.4) is 0 Å². The molecule has 0 atom stereocenters. The van der Waals surface area contributed by atoms with E-state index < -0.39 is 0 Å². The molecule has 0 unspecified atom stereocenters. The van der Waals surface area contributed by atoms with Crippen molar-refractivity contribution in [1.82, 2.24) is 10.6 Å². The van der Waals surface area contributed by atoms with Gasteiger partial charge < -0.3 is 15.7 Å². The van der Waals surface area contributed by atoms with Crippen LogP contribution in [-0.2, 0) is 0 Å². The molecule has 0 aromatic rings. The third-order valence-electron chi connectivity index (χ3n) is 3.49. The van der Waals surface area contributed by atoms with E-state index in [1.807, 2.05) is 0 Å². The van der Waals surface area contributed by atoms with Crippen molar-refractivity contribution >= 4 is 0 Å².